The van der Waals surface area contributed by atoms with E-state index in [1.807, 2.05) is 39.0 Å². The van der Waals surface area contributed by atoms with E-state index < -0.39 is 23.7 Å². The first-order valence-electron chi connectivity index (χ1n) is 8.75. The van der Waals surface area contributed by atoms with Crippen molar-refractivity contribution in [2.75, 3.05) is 13.7 Å². The monoisotopic (exact) mass is 390 g/mol. The van der Waals surface area contributed by atoms with E-state index in [0.29, 0.717) is 18.0 Å². The summed E-state index contributed by atoms with van der Waals surface area (Å²) in [4.78, 5) is 29.3. The van der Waals surface area contributed by atoms with Crippen LogP contribution >= 0.6 is 11.6 Å². The van der Waals surface area contributed by atoms with E-state index in [2.05, 4.69) is 4.98 Å². The lowest BCUT2D eigenvalue weighted by molar-refractivity contribution is -0.134. The van der Waals surface area contributed by atoms with Gasteiger partial charge in [0.25, 0.3) is 0 Å². The molecule has 0 bridgehead atoms. The lowest BCUT2D eigenvalue weighted by atomic mass is 9.97. The van der Waals surface area contributed by atoms with E-state index in [9.17, 15) is 9.59 Å². The Balaban J connectivity index is 2.04. The second-order valence-electron chi connectivity index (χ2n) is 7.46. The number of ether oxygens (including phenoxy) is 2. The fourth-order valence-corrected chi connectivity index (χ4v) is 3.43. The minimum absolute atomic E-state index is 0.427. The highest BCUT2D eigenvalue weighted by Crippen LogP contribution is 2.37. The quantitative estimate of drug-likeness (QED) is 0.610. The first-order valence-corrected chi connectivity index (χ1v) is 9.13. The van der Waals surface area contributed by atoms with Crippen LogP contribution < -0.4 is 0 Å². The lowest BCUT2D eigenvalue weighted by Gasteiger charge is -2.35. The number of hydrogen-bond donors (Lipinski definition) is 1. The van der Waals surface area contributed by atoms with Crippen LogP contribution in [0.1, 0.15) is 38.1 Å². The normalized spacial score (nSPS) is 17.2. The second kappa shape index (κ2) is 7.27. The third-order valence-electron chi connectivity index (χ3n) is 4.38. The Labute approximate surface area is 163 Å². The number of nitrogens with zero attached hydrogens (tertiary/aromatic N) is 1. The highest BCUT2D eigenvalue weighted by atomic mass is 35.5. The molecule has 1 aromatic heterocycles. The van der Waals surface area contributed by atoms with Crippen LogP contribution in [-0.4, -0.2) is 41.2 Å². The van der Waals surface area contributed by atoms with Crippen molar-refractivity contribution in [3.8, 4) is 0 Å². The number of aromatic nitrogens is 1. The van der Waals surface area contributed by atoms with Gasteiger partial charge in [0.05, 0.1) is 13.2 Å². The molecule has 1 N–H and O–H groups in total. The number of amides is 1. The number of halogens is 1. The number of H-pyrrole nitrogens is 1. The van der Waals surface area contributed by atoms with Gasteiger partial charge in [0, 0.05) is 34.2 Å². The first kappa shape index (κ1) is 19.3. The molecule has 7 heteroatoms. The molecule has 3 rings (SSSR count). The van der Waals surface area contributed by atoms with Crippen LogP contribution in [0.5, 0.6) is 0 Å². The van der Waals surface area contributed by atoms with Gasteiger partial charge in [0.2, 0.25) is 0 Å². The van der Waals surface area contributed by atoms with E-state index in [-0.39, 0.29) is 0 Å². The molecule has 0 fully saturated rings. The summed E-state index contributed by atoms with van der Waals surface area (Å²) in [5.41, 5.74) is 2.27. The fourth-order valence-electron chi connectivity index (χ4n) is 3.25. The Kier molecular flexibility index (Phi) is 5.20. The standard InChI is InChI=1S/C20H23ClN2O4/c1-20(2,3)27-19(25)23-10-9-13-14-11-12(21)5-6-15(14)22-18(13)16(23)7-8-17(24)26-4/h5-8,11,16,22H,9-10H2,1-4H3/b8-7+. The van der Waals surface area contributed by atoms with Crippen LogP contribution in [0.2, 0.25) is 5.02 Å². The molecule has 1 aromatic carbocycles. The Morgan fingerprint density at radius 2 is 2.07 bits per heavy atom. The maximum atomic E-state index is 12.7. The number of aromatic amines is 1. The van der Waals surface area contributed by atoms with Crippen LogP contribution in [0.25, 0.3) is 10.9 Å². The second-order valence-corrected chi connectivity index (χ2v) is 7.89. The van der Waals surface area contributed by atoms with Crippen LogP contribution in [0.15, 0.2) is 30.4 Å². The molecule has 0 aliphatic carbocycles. The fraction of sp³-hybridized carbons (Fsp3) is 0.400. The van der Waals surface area contributed by atoms with Gasteiger partial charge in [-0.1, -0.05) is 11.6 Å². The predicted molar refractivity (Wildman–Crippen MR) is 104 cm³/mol. The van der Waals surface area contributed by atoms with Crippen molar-refractivity contribution in [2.24, 2.45) is 0 Å². The van der Waals surface area contributed by atoms with E-state index >= 15 is 0 Å². The summed E-state index contributed by atoms with van der Waals surface area (Å²) in [7, 11) is 1.32. The molecule has 0 radical (unpaired) electrons. The summed E-state index contributed by atoms with van der Waals surface area (Å²) in [5.74, 6) is -0.481. The molecular weight excluding hydrogens is 368 g/mol. The van der Waals surface area contributed by atoms with Gasteiger partial charge in [0.1, 0.15) is 5.60 Å². The largest absolute Gasteiger partial charge is 0.466 e. The van der Waals surface area contributed by atoms with E-state index in [4.69, 9.17) is 21.1 Å². The summed E-state index contributed by atoms with van der Waals surface area (Å²) < 4.78 is 10.2. The van der Waals surface area contributed by atoms with E-state index in [0.717, 1.165) is 22.2 Å². The lowest BCUT2D eigenvalue weighted by Crippen LogP contribution is -2.42. The Hall–Kier alpha value is -2.47. The highest BCUT2D eigenvalue weighted by molar-refractivity contribution is 6.31. The summed E-state index contributed by atoms with van der Waals surface area (Å²) in [6, 6.07) is 5.18. The summed E-state index contributed by atoms with van der Waals surface area (Å²) in [6.07, 6.45) is 3.22. The average Bonchev–Trinajstić information content (AvgIpc) is 2.95. The Bertz CT molecular complexity index is 911. The van der Waals surface area contributed by atoms with Crippen molar-refractivity contribution < 1.29 is 19.1 Å². The molecule has 1 aliphatic rings. The van der Waals surface area contributed by atoms with Crippen molar-refractivity contribution in [2.45, 2.75) is 38.8 Å². The maximum Gasteiger partial charge on any atom is 0.411 e. The molecule has 1 unspecified atom stereocenters. The minimum atomic E-state index is -0.609. The zero-order chi connectivity index (χ0) is 19.8. The molecule has 144 valence electrons. The van der Waals surface area contributed by atoms with Gasteiger partial charge in [0.15, 0.2) is 0 Å². The molecule has 0 spiro atoms. The van der Waals surface area contributed by atoms with Crippen molar-refractivity contribution >= 4 is 34.6 Å². The number of hydrogen-bond acceptors (Lipinski definition) is 4. The van der Waals surface area contributed by atoms with E-state index in [1.54, 1.807) is 11.0 Å². The van der Waals surface area contributed by atoms with Crippen LogP contribution in [0, 0.1) is 0 Å². The molecule has 1 atom stereocenters. The van der Waals surface area contributed by atoms with Crippen molar-refractivity contribution in [1.82, 2.24) is 9.88 Å². The number of benzene rings is 1. The Morgan fingerprint density at radius 3 is 2.74 bits per heavy atom. The minimum Gasteiger partial charge on any atom is -0.466 e. The van der Waals surface area contributed by atoms with Gasteiger partial charge in [-0.15, -0.1) is 0 Å². The summed E-state index contributed by atoms with van der Waals surface area (Å²) >= 11 is 6.15. The van der Waals surface area contributed by atoms with Gasteiger partial charge >= 0.3 is 12.1 Å². The van der Waals surface area contributed by atoms with Crippen molar-refractivity contribution in [1.29, 1.82) is 0 Å². The highest BCUT2D eigenvalue weighted by Gasteiger charge is 2.34. The number of carbonyl (C=O) groups excluding carboxylic acids is 2. The zero-order valence-electron chi connectivity index (χ0n) is 15.8. The first-order chi connectivity index (χ1) is 12.7. The molecule has 1 aliphatic heterocycles. The number of esters is 1. The third kappa shape index (κ3) is 4.11. The maximum absolute atomic E-state index is 12.7. The smallest absolute Gasteiger partial charge is 0.411 e. The van der Waals surface area contributed by atoms with Crippen molar-refractivity contribution in [3.63, 3.8) is 0 Å². The zero-order valence-corrected chi connectivity index (χ0v) is 16.6. The summed E-state index contributed by atoms with van der Waals surface area (Å²) in [6.45, 7) is 5.94. The number of carbonyl (C=O) groups is 2. The van der Waals surface area contributed by atoms with Gasteiger partial charge < -0.3 is 14.5 Å². The average molecular weight is 391 g/mol. The molecule has 0 saturated heterocycles. The molecule has 6 nitrogen and oxygen atoms in total. The molecule has 2 aromatic rings. The number of rotatable bonds is 2. The molecule has 0 saturated carbocycles. The number of nitrogens with one attached hydrogen (secondary N) is 1. The number of fused-ring (bicyclic) bond motifs is 3. The Morgan fingerprint density at radius 1 is 1.33 bits per heavy atom. The predicted octanol–water partition coefficient (Wildman–Crippen LogP) is 4.38. The summed E-state index contributed by atoms with van der Waals surface area (Å²) in [5, 5.41) is 1.68. The molecule has 2 heterocycles. The third-order valence-corrected chi connectivity index (χ3v) is 4.61. The number of methoxy groups -OCH3 is 1. The molecular formula is C20H23ClN2O4. The molecule has 27 heavy (non-hydrogen) atoms. The van der Waals surface area contributed by atoms with Crippen LogP contribution in [0.3, 0.4) is 0 Å². The van der Waals surface area contributed by atoms with Gasteiger partial charge in [-0.05, 0) is 57.0 Å². The van der Waals surface area contributed by atoms with Gasteiger partial charge in [-0.25, -0.2) is 9.59 Å². The van der Waals surface area contributed by atoms with Gasteiger partial charge in [-0.2, -0.15) is 0 Å². The topological polar surface area (TPSA) is 71.6 Å². The van der Waals surface area contributed by atoms with Crippen molar-refractivity contribution in [3.05, 3.63) is 46.6 Å². The SMILES string of the molecule is COC(=O)/C=C/C1c2[nH]c3ccc(Cl)cc3c2CCN1C(=O)OC(C)(C)C. The van der Waals surface area contributed by atoms with Gasteiger partial charge in [-0.3, -0.25) is 4.90 Å². The van der Waals surface area contributed by atoms with E-state index in [1.165, 1.54) is 13.2 Å². The van der Waals surface area contributed by atoms with Crippen LogP contribution in [0.4, 0.5) is 4.79 Å². The van der Waals surface area contributed by atoms with Crippen LogP contribution in [-0.2, 0) is 20.7 Å². The molecule has 1 amide bonds.